The molecule has 1 unspecified atom stereocenters. The summed E-state index contributed by atoms with van der Waals surface area (Å²) in [6.45, 7) is 2.04. The topological polar surface area (TPSA) is 38.9 Å². The van der Waals surface area contributed by atoms with Crippen LogP contribution in [0.4, 0.5) is 0 Å². The molecular weight excluding hydrogens is 371 g/mol. The molecule has 1 heterocycles. The van der Waals surface area contributed by atoms with Crippen molar-refractivity contribution in [2.24, 2.45) is 0 Å². The third-order valence-electron chi connectivity index (χ3n) is 2.23. The van der Waals surface area contributed by atoms with Crippen LogP contribution in [-0.4, -0.2) is 10.2 Å². The van der Waals surface area contributed by atoms with Crippen LogP contribution in [-0.2, 0) is 0 Å². The van der Waals surface area contributed by atoms with Crippen LogP contribution in [0.3, 0.4) is 0 Å². The standard InChI is InChI=1S/C11H9Br2ClN2O/c1-2-8(12)11-16-15-10(17-11)7-5-6(14)3-4-9(7)13/h3-5,8H,2H2,1H3. The van der Waals surface area contributed by atoms with Gasteiger partial charge in [-0.25, -0.2) is 0 Å². The second-order valence-corrected chi connectivity index (χ2v) is 5.84. The minimum absolute atomic E-state index is 0.0849. The van der Waals surface area contributed by atoms with Gasteiger partial charge in [0.15, 0.2) is 0 Å². The van der Waals surface area contributed by atoms with Crippen molar-refractivity contribution in [3.63, 3.8) is 0 Å². The van der Waals surface area contributed by atoms with E-state index in [-0.39, 0.29) is 4.83 Å². The first-order valence-electron chi connectivity index (χ1n) is 5.04. The molecule has 0 aliphatic carbocycles. The van der Waals surface area contributed by atoms with Crippen LogP contribution in [0.15, 0.2) is 27.1 Å². The molecule has 17 heavy (non-hydrogen) atoms. The van der Waals surface area contributed by atoms with Gasteiger partial charge in [0, 0.05) is 9.50 Å². The van der Waals surface area contributed by atoms with Crippen LogP contribution in [0.1, 0.15) is 24.1 Å². The minimum atomic E-state index is 0.0849. The van der Waals surface area contributed by atoms with E-state index in [1.807, 2.05) is 13.0 Å². The van der Waals surface area contributed by atoms with Gasteiger partial charge in [0.1, 0.15) is 0 Å². The van der Waals surface area contributed by atoms with Gasteiger partial charge in [-0.1, -0.05) is 34.5 Å². The smallest absolute Gasteiger partial charge is 0.248 e. The molecule has 90 valence electrons. The SMILES string of the molecule is CCC(Br)c1nnc(-c2cc(Cl)ccc2Br)o1. The molecule has 0 spiro atoms. The van der Waals surface area contributed by atoms with Gasteiger partial charge in [-0.15, -0.1) is 10.2 Å². The van der Waals surface area contributed by atoms with Crippen molar-refractivity contribution in [1.82, 2.24) is 10.2 Å². The predicted molar refractivity (Wildman–Crippen MR) is 74.4 cm³/mol. The summed E-state index contributed by atoms with van der Waals surface area (Å²) >= 11 is 12.8. The Balaban J connectivity index is 2.40. The van der Waals surface area contributed by atoms with Crippen LogP contribution < -0.4 is 0 Å². The lowest BCUT2D eigenvalue weighted by Crippen LogP contribution is -1.86. The third kappa shape index (κ3) is 2.89. The zero-order valence-corrected chi connectivity index (χ0v) is 12.9. The maximum Gasteiger partial charge on any atom is 0.248 e. The summed E-state index contributed by atoms with van der Waals surface area (Å²) in [5.41, 5.74) is 0.798. The number of alkyl halides is 1. The molecule has 2 aromatic rings. The van der Waals surface area contributed by atoms with Crippen molar-refractivity contribution >= 4 is 43.5 Å². The van der Waals surface area contributed by atoms with Gasteiger partial charge in [0.25, 0.3) is 0 Å². The summed E-state index contributed by atoms with van der Waals surface area (Å²) in [5.74, 6) is 1.04. The van der Waals surface area contributed by atoms with E-state index in [1.165, 1.54) is 0 Å². The molecule has 0 amide bonds. The average Bonchev–Trinajstić information content (AvgIpc) is 2.80. The Kier molecular flexibility index (Phi) is 4.22. The molecule has 0 aliphatic rings. The molecule has 1 atom stereocenters. The summed E-state index contributed by atoms with van der Waals surface area (Å²) in [6.07, 6.45) is 0.887. The van der Waals surface area contributed by atoms with Crippen LogP contribution in [0.25, 0.3) is 11.5 Å². The molecule has 1 aromatic heterocycles. The van der Waals surface area contributed by atoms with E-state index < -0.39 is 0 Å². The number of hydrogen-bond acceptors (Lipinski definition) is 3. The number of halogens is 3. The number of rotatable bonds is 3. The molecule has 0 N–H and O–H groups in total. The van der Waals surface area contributed by atoms with E-state index >= 15 is 0 Å². The van der Waals surface area contributed by atoms with E-state index in [2.05, 4.69) is 42.1 Å². The summed E-state index contributed by atoms with van der Waals surface area (Å²) < 4.78 is 6.48. The van der Waals surface area contributed by atoms with Crippen molar-refractivity contribution in [2.45, 2.75) is 18.2 Å². The highest BCUT2D eigenvalue weighted by Gasteiger charge is 2.16. The molecule has 0 radical (unpaired) electrons. The molecular formula is C11H9Br2ClN2O. The second-order valence-electron chi connectivity index (χ2n) is 3.45. The summed E-state index contributed by atoms with van der Waals surface area (Å²) in [4.78, 5) is 0.0849. The Morgan fingerprint density at radius 2 is 2.18 bits per heavy atom. The normalized spacial score (nSPS) is 12.7. The van der Waals surface area contributed by atoms with Gasteiger partial charge in [0.05, 0.1) is 10.4 Å². The molecule has 0 aliphatic heterocycles. The lowest BCUT2D eigenvalue weighted by Gasteiger charge is -2.00. The molecule has 2 rings (SSSR count). The van der Waals surface area contributed by atoms with Crippen molar-refractivity contribution < 1.29 is 4.42 Å². The average molecular weight is 380 g/mol. The van der Waals surface area contributed by atoms with Crippen LogP contribution >= 0.6 is 43.5 Å². The molecule has 1 aromatic carbocycles. The highest BCUT2D eigenvalue weighted by atomic mass is 79.9. The summed E-state index contributed by atoms with van der Waals surface area (Å²) in [5, 5.41) is 8.66. The lowest BCUT2D eigenvalue weighted by molar-refractivity contribution is 0.500. The number of nitrogens with zero attached hydrogens (tertiary/aromatic N) is 2. The van der Waals surface area contributed by atoms with Crippen LogP contribution in [0.5, 0.6) is 0 Å². The monoisotopic (exact) mass is 378 g/mol. The van der Waals surface area contributed by atoms with E-state index in [4.69, 9.17) is 16.0 Å². The molecule has 0 bridgehead atoms. The van der Waals surface area contributed by atoms with Crippen LogP contribution in [0.2, 0.25) is 5.02 Å². The Labute approximate surface area is 121 Å². The molecule has 0 fully saturated rings. The highest BCUT2D eigenvalue weighted by Crippen LogP contribution is 2.32. The third-order valence-corrected chi connectivity index (χ3v) is 4.19. The summed E-state index contributed by atoms with van der Waals surface area (Å²) in [7, 11) is 0. The quantitative estimate of drug-likeness (QED) is 0.704. The number of aromatic nitrogens is 2. The number of benzene rings is 1. The Morgan fingerprint density at radius 1 is 1.41 bits per heavy atom. The summed E-state index contributed by atoms with van der Waals surface area (Å²) in [6, 6.07) is 5.44. The fraction of sp³-hybridized carbons (Fsp3) is 0.273. The van der Waals surface area contributed by atoms with Gasteiger partial charge in [-0.3, -0.25) is 0 Å². The minimum Gasteiger partial charge on any atom is -0.419 e. The van der Waals surface area contributed by atoms with Gasteiger partial charge < -0.3 is 4.42 Å². The van der Waals surface area contributed by atoms with E-state index in [1.54, 1.807) is 12.1 Å². The highest BCUT2D eigenvalue weighted by molar-refractivity contribution is 9.10. The Morgan fingerprint density at radius 3 is 2.88 bits per heavy atom. The predicted octanol–water partition coefficient (Wildman–Crippen LogP) is 5.00. The zero-order valence-electron chi connectivity index (χ0n) is 8.95. The van der Waals surface area contributed by atoms with Gasteiger partial charge in [-0.2, -0.15) is 0 Å². The first kappa shape index (κ1) is 13.1. The largest absolute Gasteiger partial charge is 0.419 e. The first-order chi connectivity index (χ1) is 8.11. The zero-order chi connectivity index (χ0) is 12.4. The lowest BCUT2D eigenvalue weighted by atomic mass is 10.2. The van der Waals surface area contributed by atoms with Crippen molar-refractivity contribution in [2.75, 3.05) is 0 Å². The van der Waals surface area contributed by atoms with Crippen molar-refractivity contribution in [3.05, 3.63) is 33.6 Å². The van der Waals surface area contributed by atoms with E-state index in [0.717, 1.165) is 16.5 Å². The van der Waals surface area contributed by atoms with Crippen LogP contribution in [0, 0.1) is 0 Å². The molecule has 0 saturated heterocycles. The first-order valence-corrected chi connectivity index (χ1v) is 7.13. The van der Waals surface area contributed by atoms with Crippen molar-refractivity contribution in [3.8, 4) is 11.5 Å². The Hall–Kier alpha value is -0.390. The second kappa shape index (κ2) is 5.50. The molecule has 6 heteroatoms. The van der Waals surface area contributed by atoms with Gasteiger partial charge in [0.2, 0.25) is 11.8 Å². The van der Waals surface area contributed by atoms with Crippen molar-refractivity contribution in [1.29, 1.82) is 0 Å². The fourth-order valence-corrected chi connectivity index (χ4v) is 2.08. The molecule has 0 saturated carbocycles. The molecule has 3 nitrogen and oxygen atoms in total. The maximum atomic E-state index is 5.94. The fourth-order valence-electron chi connectivity index (χ4n) is 1.31. The number of hydrogen-bond donors (Lipinski definition) is 0. The maximum absolute atomic E-state index is 5.94. The Bertz CT molecular complexity index is 530. The van der Waals surface area contributed by atoms with Gasteiger partial charge in [-0.05, 0) is 40.5 Å². The van der Waals surface area contributed by atoms with Gasteiger partial charge >= 0.3 is 0 Å². The van der Waals surface area contributed by atoms with E-state index in [0.29, 0.717) is 16.8 Å². The van der Waals surface area contributed by atoms with E-state index in [9.17, 15) is 0 Å².